The summed E-state index contributed by atoms with van der Waals surface area (Å²) in [5, 5.41) is 3.11. The molecule has 0 aromatic heterocycles. The van der Waals surface area contributed by atoms with E-state index >= 15 is 0 Å². The van der Waals surface area contributed by atoms with Crippen LogP contribution in [0, 0.1) is 6.92 Å². The van der Waals surface area contributed by atoms with E-state index < -0.39 is 10.0 Å². The molecule has 0 aliphatic heterocycles. The van der Waals surface area contributed by atoms with Gasteiger partial charge >= 0.3 is 0 Å². The van der Waals surface area contributed by atoms with Crippen molar-refractivity contribution in [3.8, 4) is 0 Å². The minimum absolute atomic E-state index is 0.193. The molecular weight excluding hydrogens is 384 g/mol. The number of amides is 1. The molecule has 1 amide bonds. The Kier molecular flexibility index (Phi) is 6.22. The Bertz CT molecular complexity index is 938. The first-order chi connectivity index (χ1) is 12.5. The standard InChI is InChI=1S/C20H25ClN2O3S/c1-6-20(3,4)22-19(24)17-12-9-15(13-18(17)21)23(5)27(25,26)16-10-7-14(2)8-11-16/h7-13H,6H2,1-5H3,(H,22,24). The molecule has 2 rings (SSSR count). The number of halogens is 1. The number of anilines is 1. The van der Waals surface area contributed by atoms with Gasteiger partial charge in [0.1, 0.15) is 0 Å². The Balaban J connectivity index is 2.31. The lowest BCUT2D eigenvalue weighted by Gasteiger charge is -2.25. The van der Waals surface area contributed by atoms with Gasteiger partial charge in [-0.3, -0.25) is 9.10 Å². The summed E-state index contributed by atoms with van der Waals surface area (Å²) < 4.78 is 26.8. The summed E-state index contributed by atoms with van der Waals surface area (Å²) in [5.74, 6) is -0.289. The number of benzene rings is 2. The van der Waals surface area contributed by atoms with Crippen molar-refractivity contribution in [2.75, 3.05) is 11.4 Å². The predicted octanol–water partition coefficient (Wildman–Crippen LogP) is 4.39. The number of rotatable bonds is 6. The topological polar surface area (TPSA) is 66.5 Å². The number of carbonyl (C=O) groups is 1. The average Bonchev–Trinajstić information content (AvgIpc) is 2.60. The monoisotopic (exact) mass is 408 g/mol. The molecule has 0 radical (unpaired) electrons. The van der Waals surface area contributed by atoms with Crippen LogP contribution in [0.1, 0.15) is 43.1 Å². The summed E-state index contributed by atoms with van der Waals surface area (Å²) >= 11 is 6.27. The summed E-state index contributed by atoms with van der Waals surface area (Å²) in [4.78, 5) is 12.6. The smallest absolute Gasteiger partial charge is 0.264 e. The van der Waals surface area contributed by atoms with Crippen LogP contribution in [0.4, 0.5) is 5.69 Å². The third-order valence-corrected chi connectivity index (χ3v) is 6.69. The number of carbonyl (C=O) groups excluding carboxylic acids is 1. The number of nitrogens with one attached hydrogen (secondary N) is 1. The van der Waals surface area contributed by atoms with E-state index in [4.69, 9.17) is 11.6 Å². The van der Waals surface area contributed by atoms with Crippen molar-refractivity contribution in [1.82, 2.24) is 5.32 Å². The number of nitrogens with zero attached hydrogens (tertiary/aromatic N) is 1. The van der Waals surface area contributed by atoms with E-state index in [9.17, 15) is 13.2 Å². The van der Waals surface area contributed by atoms with Crippen LogP contribution in [0.3, 0.4) is 0 Å². The molecule has 27 heavy (non-hydrogen) atoms. The van der Waals surface area contributed by atoms with E-state index in [1.165, 1.54) is 13.1 Å². The van der Waals surface area contributed by atoms with Gasteiger partial charge in [0.05, 0.1) is 21.2 Å². The van der Waals surface area contributed by atoms with Crippen LogP contribution < -0.4 is 9.62 Å². The number of sulfonamides is 1. The molecule has 0 atom stereocenters. The fourth-order valence-electron chi connectivity index (χ4n) is 2.35. The molecule has 2 aromatic carbocycles. The third kappa shape index (κ3) is 4.82. The van der Waals surface area contributed by atoms with E-state index in [1.54, 1.807) is 36.4 Å². The van der Waals surface area contributed by atoms with Gasteiger partial charge in [-0.25, -0.2) is 8.42 Å². The molecule has 0 spiro atoms. The maximum Gasteiger partial charge on any atom is 0.264 e. The summed E-state index contributed by atoms with van der Waals surface area (Å²) in [7, 11) is -2.26. The van der Waals surface area contributed by atoms with Crippen LogP contribution in [0.25, 0.3) is 0 Å². The Labute approximate surface area is 166 Å². The first-order valence-electron chi connectivity index (χ1n) is 8.65. The van der Waals surface area contributed by atoms with Crippen molar-refractivity contribution in [1.29, 1.82) is 0 Å². The summed E-state index contributed by atoms with van der Waals surface area (Å²) in [6.45, 7) is 7.73. The first-order valence-corrected chi connectivity index (χ1v) is 10.5. The molecule has 0 saturated heterocycles. The molecule has 0 aliphatic carbocycles. The van der Waals surface area contributed by atoms with E-state index in [0.29, 0.717) is 11.3 Å². The van der Waals surface area contributed by atoms with Crippen molar-refractivity contribution >= 4 is 33.2 Å². The average molecular weight is 409 g/mol. The third-order valence-electron chi connectivity index (χ3n) is 4.58. The fourth-order valence-corrected chi connectivity index (χ4v) is 3.80. The molecule has 2 aromatic rings. The van der Waals surface area contributed by atoms with Crippen LogP contribution in [0.5, 0.6) is 0 Å². The lowest BCUT2D eigenvalue weighted by molar-refractivity contribution is 0.0911. The molecule has 7 heteroatoms. The molecule has 0 bridgehead atoms. The van der Waals surface area contributed by atoms with E-state index in [-0.39, 0.29) is 21.4 Å². The highest BCUT2D eigenvalue weighted by molar-refractivity contribution is 7.92. The van der Waals surface area contributed by atoms with Crippen molar-refractivity contribution in [2.45, 2.75) is 44.6 Å². The maximum absolute atomic E-state index is 12.8. The normalized spacial score (nSPS) is 11.9. The Morgan fingerprint density at radius 3 is 2.26 bits per heavy atom. The van der Waals surface area contributed by atoms with Crippen molar-refractivity contribution in [3.05, 3.63) is 58.6 Å². The van der Waals surface area contributed by atoms with Crippen LogP contribution in [0.15, 0.2) is 47.4 Å². The minimum atomic E-state index is -3.72. The van der Waals surface area contributed by atoms with Crippen LogP contribution in [0.2, 0.25) is 5.02 Å². The highest BCUT2D eigenvalue weighted by Crippen LogP contribution is 2.27. The Hall–Kier alpha value is -2.05. The second kappa shape index (κ2) is 7.90. The van der Waals surface area contributed by atoms with Gasteiger partial charge in [-0.05, 0) is 57.5 Å². The second-order valence-electron chi connectivity index (χ2n) is 7.14. The zero-order valence-corrected chi connectivity index (χ0v) is 17.8. The molecule has 0 aliphatic rings. The molecular formula is C20H25ClN2O3S. The van der Waals surface area contributed by atoms with Gasteiger partial charge in [0.15, 0.2) is 0 Å². The van der Waals surface area contributed by atoms with Gasteiger partial charge in [0, 0.05) is 12.6 Å². The van der Waals surface area contributed by atoms with Crippen LogP contribution in [-0.4, -0.2) is 26.9 Å². The van der Waals surface area contributed by atoms with Crippen molar-refractivity contribution < 1.29 is 13.2 Å². The summed E-state index contributed by atoms with van der Waals surface area (Å²) in [6.07, 6.45) is 0.770. The largest absolute Gasteiger partial charge is 0.347 e. The number of hydrogen-bond donors (Lipinski definition) is 1. The van der Waals surface area contributed by atoms with Crippen molar-refractivity contribution in [2.24, 2.45) is 0 Å². The lowest BCUT2D eigenvalue weighted by atomic mass is 10.0. The second-order valence-corrected chi connectivity index (χ2v) is 9.52. The summed E-state index contributed by atoms with van der Waals surface area (Å²) in [5.41, 5.74) is 1.31. The summed E-state index contributed by atoms with van der Waals surface area (Å²) in [6, 6.07) is 11.2. The van der Waals surface area contributed by atoms with Gasteiger partial charge in [-0.15, -0.1) is 0 Å². The quantitative estimate of drug-likeness (QED) is 0.770. The predicted molar refractivity (Wildman–Crippen MR) is 110 cm³/mol. The van der Waals surface area contributed by atoms with Gasteiger partial charge in [0.25, 0.3) is 15.9 Å². The number of hydrogen-bond acceptors (Lipinski definition) is 3. The molecule has 146 valence electrons. The Morgan fingerprint density at radius 1 is 1.15 bits per heavy atom. The molecule has 5 nitrogen and oxygen atoms in total. The van der Waals surface area contributed by atoms with E-state index in [0.717, 1.165) is 16.3 Å². The molecule has 0 saturated carbocycles. The lowest BCUT2D eigenvalue weighted by Crippen LogP contribution is -2.42. The first kappa shape index (κ1) is 21.3. The van der Waals surface area contributed by atoms with Crippen LogP contribution in [-0.2, 0) is 10.0 Å². The molecule has 0 heterocycles. The zero-order chi connectivity index (χ0) is 20.4. The highest BCUT2D eigenvalue weighted by Gasteiger charge is 2.24. The fraction of sp³-hybridized carbons (Fsp3) is 0.350. The number of aryl methyl sites for hydroxylation is 1. The zero-order valence-electron chi connectivity index (χ0n) is 16.2. The molecule has 1 N–H and O–H groups in total. The van der Waals surface area contributed by atoms with Gasteiger partial charge in [-0.2, -0.15) is 0 Å². The molecule has 0 unspecified atom stereocenters. The van der Waals surface area contributed by atoms with Gasteiger partial charge in [-0.1, -0.05) is 36.2 Å². The maximum atomic E-state index is 12.8. The van der Waals surface area contributed by atoms with E-state index in [2.05, 4.69) is 5.32 Å². The van der Waals surface area contributed by atoms with E-state index in [1.807, 2.05) is 27.7 Å². The molecule has 0 fully saturated rings. The Morgan fingerprint density at radius 2 is 1.74 bits per heavy atom. The SMILES string of the molecule is CCC(C)(C)NC(=O)c1ccc(N(C)S(=O)(=O)c2ccc(C)cc2)cc1Cl. The minimum Gasteiger partial charge on any atom is -0.347 e. The van der Waals surface area contributed by atoms with Gasteiger partial charge < -0.3 is 5.32 Å². The van der Waals surface area contributed by atoms with Gasteiger partial charge in [0.2, 0.25) is 0 Å². The van der Waals surface area contributed by atoms with Crippen molar-refractivity contribution in [3.63, 3.8) is 0 Å². The highest BCUT2D eigenvalue weighted by atomic mass is 35.5. The van der Waals surface area contributed by atoms with Crippen LogP contribution >= 0.6 is 11.6 Å².